The van der Waals surface area contributed by atoms with E-state index in [1.807, 2.05) is 0 Å². The summed E-state index contributed by atoms with van der Waals surface area (Å²) in [7, 11) is -3.71. The van der Waals surface area contributed by atoms with Gasteiger partial charge in [-0.25, -0.2) is 13.1 Å². The molecular weight excluding hydrogens is 380 g/mol. The van der Waals surface area contributed by atoms with Crippen molar-refractivity contribution in [3.8, 4) is 11.5 Å². The lowest BCUT2D eigenvalue weighted by Gasteiger charge is -2.21. The smallest absolute Gasteiger partial charge is 0.240 e. The number of ether oxygens (including phenoxy) is 2. The molecule has 3 rings (SSSR count). The topological polar surface area (TPSA) is 84.9 Å². The number of hydrogen-bond acceptors (Lipinski definition) is 5. The first-order chi connectivity index (χ1) is 12.4. The van der Waals surface area contributed by atoms with Gasteiger partial charge in [0, 0.05) is 36.8 Å². The van der Waals surface area contributed by atoms with Crippen LogP contribution in [0.3, 0.4) is 0 Å². The maximum Gasteiger partial charge on any atom is 0.240 e. The second-order valence-electron chi connectivity index (χ2n) is 5.56. The number of carbonyl (C=O) groups excluding carboxylic acids is 1. The fraction of sp³-hybridized carbons (Fsp3) is 0.235. The Hall–Kier alpha value is -2.29. The molecule has 0 aromatic heterocycles. The van der Waals surface area contributed by atoms with E-state index in [-0.39, 0.29) is 30.7 Å². The Labute approximate surface area is 156 Å². The average Bonchev–Trinajstić information content (AvgIpc) is 3.06. The third kappa shape index (κ3) is 4.09. The molecule has 9 heteroatoms. The number of hydrogen-bond donors (Lipinski definition) is 1. The molecular formula is C17H17ClN2O5S. The molecule has 0 spiro atoms. The van der Waals surface area contributed by atoms with E-state index < -0.39 is 10.0 Å². The third-order valence-corrected chi connectivity index (χ3v) is 5.48. The van der Waals surface area contributed by atoms with Gasteiger partial charge in [-0.05, 0) is 30.3 Å². The Morgan fingerprint density at radius 1 is 1.19 bits per heavy atom. The van der Waals surface area contributed by atoms with Crippen molar-refractivity contribution in [3.63, 3.8) is 0 Å². The Morgan fingerprint density at radius 2 is 1.96 bits per heavy atom. The predicted molar refractivity (Wildman–Crippen MR) is 97.2 cm³/mol. The highest BCUT2D eigenvalue weighted by atomic mass is 35.5. The van der Waals surface area contributed by atoms with E-state index in [0.717, 1.165) is 0 Å². The highest BCUT2D eigenvalue weighted by molar-refractivity contribution is 7.89. The van der Waals surface area contributed by atoms with Crippen molar-refractivity contribution in [2.75, 3.05) is 24.8 Å². The van der Waals surface area contributed by atoms with Crippen molar-refractivity contribution in [2.24, 2.45) is 0 Å². The number of rotatable bonds is 6. The van der Waals surface area contributed by atoms with Crippen molar-refractivity contribution in [1.29, 1.82) is 0 Å². The molecule has 26 heavy (non-hydrogen) atoms. The summed E-state index contributed by atoms with van der Waals surface area (Å²) in [5, 5.41) is 0.332. The molecule has 138 valence electrons. The Kier molecular flexibility index (Phi) is 5.36. The summed E-state index contributed by atoms with van der Waals surface area (Å²) in [6.07, 6.45) is 0. The minimum absolute atomic E-state index is 0.0445. The first kappa shape index (κ1) is 18.5. The maximum atomic E-state index is 12.3. The van der Waals surface area contributed by atoms with Crippen LogP contribution < -0.4 is 19.1 Å². The molecule has 2 aromatic rings. The summed E-state index contributed by atoms with van der Waals surface area (Å²) in [4.78, 5) is 13.5. The summed E-state index contributed by atoms with van der Waals surface area (Å²) in [5.74, 6) is 0.943. The van der Waals surface area contributed by atoms with Crippen LogP contribution in [0.25, 0.3) is 0 Å². The molecule has 1 N–H and O–H groups in total. The number of fused-ring (bicyclic) bond motifs is 1. The van der Waals surface area contributed by atoms with Gasteiger partial charge in [0.2, 0.25) is 22.7 Å². The van der Waals surface area contributed by atoms with Gasteiger partial charge in [-0.3, -0.25) is 4.79 Å². The molecule has 0 radical (unpaired) electrons. The third-order valence-electron chi connectivity index (χ3n) is 3.78. The maximum absolute atomic E-state index is 12.3. The fourth-order valence-electron chi connectivity index (χ4n) is 2.53. The van der Waals surface area contributed by atoms with Crippen LogP contribution in [0.1, 0.15) is 6.92 Å². The Bertz CT molecular complexity index is 933. The molecule has 0 unspecified atom stereocenters. The molecule has 1 aliphatic heterocycles. The minimum Gasteiger partial charge on any atom is -0.454 e. The summed E-state index contributed by atoms with van der Waals surface area (Å²) < 4.78 is 37.7. The molecule has 0 saturated heterocycles. The molecule has 0 bridgehead atoms. The van der Waals surface area contributed by atoms with Gasteiger partial charge in [0.05, 0.1) is 4.90 Å². The molecule has 2 aromatic carbocycles. The highest BCUT2D eigenvalue weighted by Crippen LogP contribution is 2.35. The largest absolute Gasteiger partial charge is 0.454 e. The second-order valence-corrected chi connectivity index (χ2v) is 7.77. The van der Waals surface area contributed by atoms with E-state index in [9.17, 15) is 13.2 Å². The fourth-order valence-corrected chi connectivity index (χ4v) is 3.85. The van der Waals surface area contributed by atoms with Gasteiger partial charge in [0.25, 0.3) is 0 Å². The van der Waals surface area contributed by atoms with Crippen molar-refractivity contribution >= 4 is 33.2 Å². The molecule has 0 aliphatic carbocycles. The lowest BCUT2D eigenvalue weighted by Crippen LogP contribution is -2.37. The number of nitrogens with one attached hydrogen (secondary N) is 1. The van der Waals surface area contributed by atoms with Crippen LogP contribution in [0.4, 0.5) is 5.69 Å². The Morgan fingerprint density at radius 3 is 2.69 bits per heavy atom. The van der Waals surface area contributed by atoms with Crippen molar-refractivity contribution < 1.29 is 22.7 Å². The van der Waals surface area contributed by atoms with Crippen LogP contribution in [0, 0.1) is 0 Å². The van der Waals surface area contributed by atoms with E-state index in [1.54, 1.807) is 30.3 Å². The number of amides is 1. The molecule has 0 atom stereocenters. The van der Waals surface area contributed by atoms with Crippen LogP contribution in [0.2, 0.25) is 5.02 Å². The number of anilines is 1. The van der Waals surface area contributed by atoms with E-state index in [4.69, 9.17) is 21.1 Å². The molecule has 1 heterocycles. The normalized spacial score (nSPS) is 12.8. The van der Waals surface area contributed by atoms with Crippen LogP contribution in [0.5, 0.6) is 11.5 Å². The van der Waals surface area contributed by atoms with Crippen LogP contribution in [-0.2, 0) is 14.8 Å². The lowest BCUT2D eigenvalue weighted by atomic mass is 10.2. The van der Waals surface area contributed by atoms with Crippen molar-refractivity contribution in [1.82, 2.24) is 4.72 Å². The highest BCUT2D eigenvalue weighted by Gasteiger charge is 2.19. The molecule has 7 nitrogen and oxygen atoms in total. The zero-order valence-electron chi connectivity index (χ0n) is 13.9. The number of benzene rings is 2. The van der Waals surface area contributed by atoms with Gasteiger partial charge in [-0.1, -0.05) is 17.7 Å². The number of carbonyl (C=O) groups is 1. The Balaban J connectivity index is 1.69. The van der Waals surface area contributed by atoms with Crippen molar-refractivity contribution in [3.05, 3.63) is 47.5 Å². The van der Waals surface area contributed by atoms with Gasteiger partial charge in [-0.15, -0.1) is 0 Å². The summed E-state index contributed by atoms with van der Waals surface area (Å²) in [6, 6.07) is 11.1. The second kappa shape index (κ2) is 7.53. The van der Waals surface area contributed by atoms with Crippen molar-refractivity contribution in [2.45, 2.75) is 11.8 Å². The van der Waals surface area contributed by atoms with Gasteiger partial charge >= 0.3 is 0 Å². The summed E-state index contributed by atoms with van der Waals surface area (Å²) in [5.41, 5.74) is 0.601. The zero-order valence-corrected chi connectivity index (χ0v) is 15.5. The SMILES string of the molecule is CC(=O)N(CCNS(=O)(=O)c1cccc(Cl)c1)c1ccc2c(c1)OCO2. The van der Waals surface area contributed by atoms with Gasteiger partial charge < -0.3 is 14.4 Å². The van der Waals surface area contributed by atoms with Gasteiger partial charge in [-0.2, -0.15) is 0 Å². The summed E-state index contributed by atoms with van der Waals surface area (Å²) >= 11 is 5.84. The summed E-state index contributed by atoms with van der Waals surface area (Å²) in [6.45, 7) is 1.76. The van der Waals surface area contributed by atoms with Gasteiger partial charge in [0.1, 0.15) is 0 Å². The van der Waals surface area contributed by atoms with Crippen LogP contribution in [-0.4, -0.2) is 34.2 Å². The van der Waals surface area contributed by atoms with Gasteiger partial charge in [0.15, 0.2) is 11.5 Å². The first-order valence-electron chi connectivity index (χ1n) is 7.80. The molecule has 1 aliphatic rings. The predicted octanol–water partition coefficient (Wildman–Crippen LogP) is 2.40. The van der Waals surface area contributed by atoms with E-state index >= 15 is 0 Å². The molecule has 0 saturated carbocycles. The van der Waals surface area contributed by atoms with E-state index in [0.29, 0.717) is 22.2 Å². The van der Waals surface area contributed by atoms with Crippen LogP contribution >= 0.6 is 11.6 Å². The monoisotopic (exact) mass is 396 g/mol. The zero-order chi connectivity index (χ0) is 18.7. The number of nitrogens with zero attached hydrogens (tertiary/aromatic N) is 1. The number of sulfonamides is 1. The average molecular weight is 397 g/mol. The van der Waals surface area contributed by atoms with E-state index in [1.165, 1.54) is 24.0 Å². The van der Waals surface area contributed by atoms with E-state index in [2.05, 4.69) is 4.72 Å². The first-order valence-corrected chi connectivity index (χ1v) is 9.66. The molecule has 0 fully saturated rings. The molecule has 1 amide bonds. The standard InChI is InChI=1S/C17H17ClN2O5S/c1-12(21)20(14-5-6-16-17(10-14)25-11-24-16)8-7-19-26(22,23)15-4-2-3-13(18)9-15/h2-6,9-10,19H,7-8,11H2,1H3. The van der Waals surface area contributed by atoms with Crippen LogP contribution in [0.15, 0.2) is 47.4 Å². The lowest BCUT2D eigenvalue weighted by molar-refractivity contribution is -0.116. The number of halogens is 1. The quantitative estimate of drug-likeness (QED) is 0.810. The minimum atomic E-state index is -3.71.